The summed E-state index contributed by atoms with van der Waals surface area (Å²) >= 11 is 12.7. The Labute approximate surface area is 243 Å². The van der Waals surface area contributed by atoms with E-state index in [9.17, 15) is 13.2 Å². The number of rotatable bonds is 12. The molecule has 3 aromatic carbocycles. The van der Waals surface area contributed by atoms with Crippen LogP contribution in [0.25, 0.3) is 0 Å². The molecular weight excluding hydrogens is 577 g/mol. The van der Waals surface area contributed by atoms with Crippen molar-refractivity contribution in [3.8, 4) is 5.75 Å². The minimum Gasteiger partial charge on any atom is -0.494 e. The lowest BCUT2D eigenvalue weighted by Gasteiger charge is -2.30. The number of halogens is 2. The number of hydrazine groups is 1. The SMILES string of the molecule is CNNC(=O)[C@@]1(CCS(=O)(=O)c2ccccc2)N=C(c2ccc(OCCCO)cc2)O[C@H]1c1ccc(Cl)cc1Cl. The molecule has 0 saturated carbocycles. The van der Waals surface area contributed by atoms with Crippen LogP contribution in [-0.2, 0) is 19.4 Å². The molecule has 3 aromatic rings. The van der Waals surface area contributed by atoms with Gasteiger partial charge in [0.05, 0.1) is 17.3 Å². The Hall–Kier alpha value is -3.15. The maximum absolute atomic E-state index is 13.7. The molecule has 1 aliphatic heterocycles. The number of amides is 1. The van der Waals surface area contributed by atoms with Crippen LogP contribution < -0.4 is 15.6 Å². The van der Waals surface area contributed by atoms with Gasteiger partial charge in [-0.25, -0.2) is 18.8 Å². The van der Waals surface area contributed by atoms with Crippen LogP contribution in [0.3, 0.4) is 0 Å². The first-order valence-electron chi connectivity index (χ1n) is 12.5. The Morgan fingerprint density at radius 2 is 1.82 bits per heavy atom. The quantitative estimate of drug-likeness (QED) is 0.209. The third-order valence-electron chi connectivity index (χ3n) is 6.37. The van der Waals surface area contributed by atoms with Crippen LogP contribution in [0.4, 0.5) is 0 Å². The number of carbonyl (C=O) groups is 1. The molecule has 0 aliphatic carbocycles. The first-order chi connectivity index (χ1) is 19.2. The summed E-state index contributed by atoms with van der Waals surface area (Å²) in [6.45, 7) is 0.377. The van der Waals surface area contributed by atoms with E-state index in [1.807, 2.05) is 0 Å². The molecule has 4 rings (SSSR count). The number of aliphatic hydroxyl groups is 1. The van der Waals surface area contributed by atoms with Gasteiger partial charge in [0.25, 0.3) is 5.91 Å². The number of sulfone groups is 1. The van der Waals surface area contributed by atoms with Crippen LogP contribution >= 0.6 is 23.2 Å². The van der Waals surface area contributed by atoms with Crippen molar-refractivity contribution in [2.24, 2.45) is 4.99 Å². The highest BCUT2D eigenvalue weighted by Gasteiger charge is 2.54. The van der Waals surface area contributed by atoms with Crippen molar-refractivity contribution in [2.45, 2.75) is 29.4 Å². The number of hydrogen-bond donors (Lipinski definition) is 3. The monoisotopic (exact) mass is 605 g/mol. The topological polar surface area (TPSA) is 126 Å². The highest BCUT2D eigenvalue weighted by Crippen LogP contribution is 2.45. The molecule has 0 saturated heterocycles. The zero-order valence-corrected chi connectivity index (χ0v) is 24.0. The van der Waals surface area contributed by atoms with Gasteiger partial charge in [-0.1, -0.05) is 47.5 Å². The molecule has 1 amide bonds. The van der Waals surface area contributed by atoms with Gasteiger partial charge >= 0.3 is 0 Å². The van der Waals surface area contributed by atoms with Crippen molar-refractivity contribution in [3.63, 3.8) is 0 Å². The van der Waals surface area contributed by atoms with Crippen LogP contribution in [0.2, 0.25) is 10.0 Å². The van der Waals surface area contributed by atoms with Crippen molar-refractivity contribution in [3.05, 3.63) is 94.0 Å². The molecular formula is C28H29Cl2N3O6S. The van der Waals surface area contributed by atoms with E-state index in [0.29, 0.717) is 34.9 Å². The van der Waals surface area contributed by atoms with Crippen LogP contribution in [-0.4, -0.2) is 56.9 Å². The van der Waals surface area contributed by atoms with Crippen molar-refractivity contribution in [2.75, 3.05) is 26.0 Å². The summed E-state index contributed by atoms with van der Waals surface area (Å²) < 4.78 is 38.4. The highest BCUT2D eigenvalue weighted by molar-refractivity contribution is 7.91. The number of aliphatic hydroxyl groups excluding tert-OH is 1. The van der Waals surface area contributed by atoms with E-state index in [2.05, 4.69) is 10.9 Å². The van der Waals surface area contributed by atoms with Crippen molar-refractivity contribution >= 4 is 44.8 Å². The first kappa shape index (κ1) is 29.8. The second-order valence-electron chi connectivity index (χ2n) is 9.04. The zero-order valence-electron chi connectivity index (χ0n) is 21.6. The molecule has 0 radical (unpaired) electrons. The number of aliphatic imine (C=N–C) groups is 1. The number of nitrogens with one attached hydrogen (secondary N) is 2. The number of hydrogen-bond acceptors (Lipinski definition) is 8. The maximum Gasteiger partial charge on any atom is 0.266 e. The largest absolute Gasteiger partial charge is 0.494 e. The lowest BCUT2D eigenvalue weighted by Crippen LogP contribution is -2.52. The molecule has 40 heavy (non-hydrogen) atoms. The number of benzene rings is 3. The molecule has 212 valence electrons. The van der Waals surface area contributed by atoms with Gasteiger partial charge < -0.3 is 14.6 Å². The van der Waals surface area contributed by atoms with E-state index in [1.165, 1.54) is 25.2 Å². The predicted octanol–water partition coefficient (Wildman–Crippen LogP) is 4.13. The average Bonchev–Trinajstić information content (AvgIpc) is 3.34. The second kappa shape index (κ2) is 13.0. The molecule has 1 aliphatic rings. The Bertz CT molecular complexity index is 1470. The summed E-state index contributed by atoms with van der Waals surface area (Å²) in [5, 5.41) is 9.61. The van der Waals surface area contributed by atoms with Crippen LogP contribution in [0.1, 0.15) is 30.1 Å². The smallest absolute Gasteiger partial charge is 0.266 e. The lowest BCUT2D eigenvalue weighted by atomic mass is 9.85. The minimum absolute atomic E-state index is 0.0220. The average molecular weight is 607 g/mol. The van der Waals surface area contributed by atoms with Gasteiger partial charge in [0.15, 0.2) is 21.5 Å². The van der Waals surface area contributed by atoms with E-state index in [-0.39, 0.29) is 34.6 Å². The summed E-state index contributed by atoms with van der Waals surface area (Å²) in [5.41, 5.74) is 4.46. The standard InChI is InChI=1S/C28H29Cl2N3O6S/c1-31-33-27(35)28(14-17-40(36,37)22-6-3-2-4-7-22)25(23-13-10-20(29)18-24(23)30)39-26(32-28)19-8-11-21(12-9-19)38-16-5-15-34/h2-4,6-13,18,25,31,34H,5,14-17H2,1H3,(H,33,35)/t25-,28-/m0/s1. The second-order valence-corrected chi connectivity index (χ2v) is 12.0. The third kappa shape index (κ3) is 6.59. The highest BCUT2D eigenvalue weighted by atomic mass is 35.5. The summed E-state index contributed by atoms with van der Waals surface area (Å²) in [6.07, 6.45) is -0.768. The molecule has 9 nitrogen and oxygen atoms in total. The fourth-order valence-electron chi connectivity index (χ4n) is 4.32. The molecule has 0 spiro atoms. The van der Waals surface area contributed by atoms with Gasteiger partial charge in [-0.2, -0.15) is 0 Å². The van der Waals surface area contributed by atoms with Gasteiger partial charge in [-0.05, 0) is 48.5 Å². The molecule has 2 atom stereocenters. The van der Waals surface area contributed by atoms with Gasteiger partial charge in [0.2, 0.25) is 5.90 Å². The number of nitrogens with zero attached hydrogens (tertiary/aromatic N) is 1. The molecule has 0 fully saturated rings. The lowest BCUT2D eigenvalue weighted by molar-refractivity contribution is -0.129. The van der Waals surface area contributed by atoms with Crippen molar-refractivity contribution in [1.29, 1.82) is 0 Å². The third-order valence-corrected chi connectivity index (χ3v) is 8.66. The van der Waals surface area contributed by atoms with Gasteiger partial charge in [0.1, 0.15) is 5.75 Å². The van der Waals surface area contributed by atoms with E-state index in [0.717, 1.165) is 0 Å². The number of ether oxygens (including phenoxy) is 2. The molecule has 12 heteroatoms. The fourth-order valence-corrected chi connectivity index (χ4v) is 6.21. The molecule has 0 unspecified atom stereocenters. The van der Waals surface area contributed by atoms with E-state index in [1.54, 1.807) is 54.6 Å². The first-order valence-corrected chi connectivity index (χ1v) is 14.9. The van der Waals surface area contributed by atoms with Crippen molar-refractivity contribution < 1.29 is 27.8 Å². The zero-order chi connectivity index (χ0) is 28.8. The van der Waals surface area contributed by atoms with E-state index >= 15 is 0 Å². The normalized spacial score (nSPS) is 18.6. The summed E-state index contributed by atoms with van der Waals surface area (Å²) in [7, 11) is -2.25. The van der Waals surface area contributed by atoms with E-state index in [4.69, 9.17) is 42.8 Å². The predicted molar refractivity (Wildman–Crippen MR) is 154 cm³/mol. The maximum atomic E-state index is 13.7. The van der Waals surface area contributed by atoms with Crippen molar-refractivity contribution in [1.82, 2.24) is 10.9 Å². The summed E-state index contributed by atoms with van der Waals surface area (Å²) in [5.74, 6) is -0.246. The minimum atomic E-state index is -3.77. The summed E-state index contributed by atoms with van der Waals surface area (Å²) in [4.78, 5) is 18.6. The van der Waals surface area contributed by atoms with Crippen LogP contribution in [0.5, 0.6) is 5.75 Å². The summed E-state index contributed by atoms with van der Waals surface area (Å²) in [6, 6.07) is 19.7. The molecule has 0 bridgehead atoms. The Morgan fingerprint density at radius 1 is 1.10 bits per heavy atom. The van der Waals surface area contributed by atoms with Gasteiger partial charge in [-0.3, -0.25) is 10.2 Å². The Balaban J connectivity index is 1.77. The number of carbonyl (C=O) groups excluding carboxylic acids is 1. The van der Waals surface area contributed by atoms with Crippen LogP contribution in [0.15, 0.2) is 82.7 Å². The molecule has 0 aromatic heterocycles. The van der Waals surface area contributed by atoms with E-state index < -0.39 is 27.4 Å². The molecule has 1 heterocycles. The Morgan fingerprint density at radius 3 is 2.48 bits per heavy atom. The van der Waals surface area contributed by atoms with Gasteiger partial charge in [0, 0.05) is 47.7 Å². The van der Waals surface area contributed by atoms with Gasteiger partial charge in [-0.15, -0.1) is 0 Å². The Kier molecular flexibility index (Phi) is 9.70. The molecule has 3 N–H and O–H groups in total. The van der Waals surface area contributed by atoms with Crippen LogP contribution in [0, 0.1) is 0 Å². The fraction of sp³-hybridized carbons (Fsp3) is 0.286.